The van der Waals surface area contributed by atoms with E-state index in [9.17, 15) is 0 Å². The number of nitrogens with one attached hydrogen (secondary N) is 1. The maximum Gasteiger partial charge on any atom is 0.212 e. The first-order chi connectivity index (χ1) is 4.83. The van der Waals surface area contributed by atoms with Crippen molar-refractivity contribution >= 4 is 18.1 Å². The van der Waals surface area contributed by atoms with E-state index in [4.69, 9.17) is 5.11 Å². The fourth-order valence-corrected chi connectivity index (χ4v) is 0.732. The lowest BCUT2D eigenvalue weighted by Crippen LogP contribution is -1.95. The van der Waals surface area contributed by atoms with E-state index in [1.165, 1.54) is 0 Å². The van der Waals surface area contributed by atoms with Crippen LogP contribution >= 0.6 is 12.4 Å². The standard InChI is InChI=1S/C7H10N2O.ClH/c1-2-8-6-3-4-9-7(10)5-6;/h3-5H,2H2,1H3,(H2,8,9,10);1H. The molecule has 0 aliphatic carbocycles. The van der Waals surface area contributed by atoms with Crippen LogP contribution in [0, 0.1) is 0 Å². The van der Waals surface area contributed by atoms with Crippen molar-refractivity contribution < 1.29 is 5.11 Å². The molecular formula is C7H11ClN2O. The summed E-state index contributed by atoms with van der Waals surface area (Å²) in [6, 6.07) is 3.40. The Morgan fingerprint density at radius 3 is 2.91 bits per heavy atom. The van der Waals surface area contributed by atoms with Crippen LogP contribution < -0.4 is 5.32 Å². The second kappa shape index (κ2) is 4.79. The Hall–Kier alpha value is -0.960. The molecule has 0 spiro atoms. The molecule has 0 unspecified atom stereocenters. The third-order valence-corrected chi connectivity index (χ3v) is 1.13. The molecule has 1 rings (SSSR count). The second-order valence-electron chi connectivity index (χ2n) is 1.93. The molecule has 1 aromatic heterocycles. The highest BCUT2D eigenvalue weighted by molar-refractivity contribution is 5.85. The van der Waals surface area contributed by atoms with E-state index < -0.39 is 0 Å². The maximum atomic E-state index is 8.89. The van der Waals surface area contributed by atoms with E-state index in [1.54, 1.807) is 12.3 Å². The molecule has 0 aromatic carbocycles. The van der Waals surface area contributed by atoms with Crippen LogP contribution in [0.25, 0.3) is 0 Å². The molecule has 0 saturated heterocycles. The van der Waals surface area contributed by atoms with Crippen molar-refractivity contribution in [3.8, 4) is 5.88 Å². The maximum absolute atomic E-state index is 8.89. The Morgan fingerprint density at radius 2 is 2.36 bits per heavy atom. The van der Waals surface area contributed by atoms with Crippen LogP contribution in [0.1, 0.15) is 6.92 Å². The van der Waals surface area contributed by atoms with Gasteiger partial charge in [0.25, 0.3) is 0 Å². The summed E-state index contributed by atoms with van der Waals surface area (Å²) < 4.78 is 0. The van der Waals surface area contributed by atoms with Crippen molar-refractivity contribution in [1.29, 1.82) is 0 Å². The molecule has 0 bridgehead atoms. The van der Waals surface area contributed by atoms with Crippen molar-refractivity contribution in [2.45, 2.75) is 6.92 Å². The average Bonchev–Trinajstić information content (AvgIpc) is 1.88. The molecule has 1 heterocycles. The third kappa shape index (κ3) is 3.09. The molecule has 0 fully saturated rings. The van der Waals surface area contributed by atoms with Crippen LogP contribution in [-0.2, 0) is 0 Å². The molecule has 11 heavy (non-hydrogen) atoms. The first-order valence-electron chi connectivity index (χ1n) is 3.22. The number of anilines is 1. The summed E-state index contributed by atoms with van der Waals surface area (Å²) in [5.41, 5.74) is 0.898. The predicted molar refractivity (Wildman–Crippen MR) is 47.3 cm³/mol. The van der Waals surface area contributed by atoms with Crippen molar-refractivity contribution in [2.24, 2.45) is 0 Å². The van der Waals surface area contributed by atoms with Crippen molar-refractivity contribution in [1.82, 2.24) is 4.98 Å². The number of hydrogen-bond acceptors (Lipinski definition) is 3. The molecule has 4 heteroatoms. The Kier molecular flexibility index (Phi) is 4.38. The highest BCUT2D eigenvalue weighted by Gasteiger charge is 1.90. The normalized spacial score (nSPS) is 8.45. The monoisotopic (exact) mass is 174 g/mol. The minimum Gasteiger partial charge on any atom is -0.493 e. The zero-order valence-corrected chi connectivity index (χ0v) is 7.06. The summed E-state index contributed by atoms with van der Waals surface area (Å²) in [4.78, 5) is 3.64. The van der Waals surface area contributed by atoms with Crippen LogP contribution in [-0.4, -0.2) is 16.6 Å². The summed E-state index contributed by atoms with van der Waals surface area (Å²) in [5.74, 6) is 0.0541. The number of nitrogens with zero attached hydrogens (tertiary/aromatic N) is 1. The van der Waals surface area contributed by atoms with E-state index in [1.807, 2.05) is 13.0 Å². The molecule has 0 atom stereocenters. The molecule has 1 aromatic rings. The van der Waals surface area contributed by atoms with E-state index in [0.29, 0.717) is 0 Å². The molecule has 2 N–H and O–H groups in total. The van der Waals surface area contributed by atoms with Crippen LogP contribution in [0.15, 0.2) is 18.3 Å². The molecule has 0 radical (unpaired) electrons. The molecule has 0 aliphatic rings. The van der Waals surface area contributed by atoms with Gasteiger partial charge in [0.15, 0.2) is 0 Å². The number of pyridine rings is 1. The van der Waals surface area contributed by atoms with Gasteiger partial charge in [-0.2, -0.15) is 0 Å². The van der Waals surface area contributed by atoms with Gasteiger partial charge in [-0.25, -0.2) is 4.98 Å². The number of aromatic hydroxyl groups is 1. The quantitative estimate of drug-likeness (QED) is 0.717. The minimum atomic E-state index is 0. The molecule has 3 nitrogen and oxygen atoms in total. The minimum absolute atomic E-state index is 0. The van der Waals surface area contributed by atoms with Gasteiger partial charge in [0.05, 0.1) is 0 Å². The average molecular weight is 175 g/mol. The van der Waals surface area contributed by atoms with Crippen LogP contribution in [0.3, 0.4) is 0 Å². The lowest BCUT2D eigenvalue weighted by Gasteiger charge is -2.00. The molecule has 0 saturated carbocycles. The number of rotatable bonds is 2. The van der Waals surface area contributed by atoms with Gasteiger partial charge in [-0.05, 0) is 13.0 Å². The highest BCUT2D eigenvalue weighted by Crippen LogP contribution is 2.10. The van der Waals surface area contributed by atoms with E-state index in [2.05, 4.69) is 10.3 Å². The molecule has 62 valence electrons. The summed E-state index contributed by atoms with van der Waals surface area (Å²) in [6.45, 7) is 2.85. The lowest BCUT2D eigenvalue weighted by molar-refractivity contribution is 0.454. The highest BCUT2D eigenvalue weighted by atomic mass is 35.5. The third-order valence-electron chi connectivity index (χ3n) is 1.13. The van der Waals surface area contributed by atoms with Crippen molar-refractivity contribution in [3.63, 3.8) is 0 Å². The SMILES string of the molecule is CCNc1ccnc(O)c1.Cl. The smallest absolute Gasteiger partial charge is 0.212 e. The van der Waals surface area contributed by atoms with Gasteiger partial charge in [0.1, 0.15) is 0 Å². The van der Waals surface area contributed by atoms with E-state index in [-0.39, 0.29) is 18.3 Å². The lowest BCUT2D eigenvalue weighted by atomic mass is 10.4. The Balaban J connectivity index is 0.000001000. The first-order valence-corrected chi connectivity index (χ1v) is 3.22. The van der Waals surface area contributed by atoms with E-state index >= 15 is 0 Å². The van der Waals surface area contributed by atoms with Gasteiger partial charge in [-0.15, -0.1) is 12.4 Å². The predicted octanol–water partition coefficient (Wildman–Crippen LogP) is 1.64. The molecule has 0 aliphatic heterocycles. The van der Waals surface area contributed by atoms with Gasteiger partial charge in [-0.1, -0.05) is 0 Å². The van der Waals surface area contributed by atoms with Gasteiger partial charge in [-0.3, -0.25) is 0 Å². The summed E-state index contributed by atoms with van der Waals surface area (Å²) in [5, 5.41) is 11.9. The van der Waals surface area contributed by atoms with Gasteiger partial charge in [0.2, 0.25) is 5.88 Å². The van der Waals surface area contributed by atoms with Gasteiger partial charge in [0, 0.05) is 24.5 Å². The number of aromatic nitrogens is 1. The van der Waals surface area contributed by atoms with Crippen LogP contribution in [0.5, 0.6) is 5.88 Å². The number of halogens is 1. The zero-order chi connectivity index (χ0) is 7.40. The summed E-state index contributed by atoms with van der Waals surface area (Å²) in [7, 11) is 0. The molecular weight excluding hydrogens is 164 g/mol. The summed E-state index contributed by atoms with van der Waals surface area (Å²) in [6.07, 6.45) is 1.56. The Labute approximate surface area is 71.9 Å². The van der Waals surface area contributed by atoms with Gasteiger partial charge < -0.3 is 10.4 Å². The first kappa shape index (κ1) is 10.0. The zero-order valence-electron chi connectivity index (χ0n) is 6.24. The fourth-order valence-electron chi connectivity index (χ4n) is 0.732. The van der Waals surface area contributed by atoms with Crippen molar-refractivity contribution in [2.75, 3.05) is 11.9 Å². The number of hydrogen-bond donors (Lipinski definition) is 2. The Bertz CT molecular complexity index is 217. The fraction of sp³-hybridized carbons (Fsp3) is 0.286. The van der Waals surface area contributed by atoms with E-state index in [0.717, 1.165) is 12.2 Å². The van der Waals surface area contributed by atoms with Crippen LogP contribution in [0.4, 0.5) is 5.69 Å². The largest absolute Gasteiger partial charge is 0.493 e. The Morgan fingerprint density at radius 1 is 1.64 bits per heavy atom. The summed E-state index contributed by atoms with van der Waals surface area (Å²) >= 11 is 0. The molecule has 0 amide bonds. The van der Waals surface area contributed by atoms with Crippen LogP contribution in [0.2, 0.25) is 0 Å². The second-order valence-corrected chi connectivity index (χ2v) is 1.93. The topological polar surface area (TPSA) is 45.2 Å². The van der Waals surface area contributed by atoms with Crippen molar-refractivity contribution in [3.05, 3.63) is 18.3 Å². The van der Waals surface area contributed by atoms with Gasteiger partial charge >= 0.3 is 0 Å².